The van der Waals surface area contributed by atoms with Gasteiger partial charge in [-0.15, -0.1) is 0 Å². The highest BCUT2D eigenvalue weighted by Gasteiger charge is 2.28. The van der Waals surface area contributed by atoms with Crippen LogP contribution in [0.2, 0.25) is 0 Å². The maximum atomic E-state index is 12.5. The van der Waals surface area contributed by atoms with Gasteiger partial charge in [0.2, 0.25) is 5.91 Å². The molecule has 1 atom stereocenters. The summed E-state index contributed by atoms with van der Waals surface area (Å²) in [7, 11) is 3.19. The normalized spacial score (nSPS) is 15.2. The summed E-state index contributed by atoms with van der Waals surface area (Å²) in [6.45, 7) is 4.45. The van der Waals surface area contributed by atoms with Crippen molar-refractivity contribution in [2.45, 2.75) is 26.3 Å². The molecule has 0 bridgehead atoms. The first-order valence-corrected chi connectivity index (χ1v) is 9.63. The van der Waals surface area contributed by atoms with Gasteiger partial charge in [-0.05, 0) is 48.2 Å². The molecule has 7 nitrogen and oxygen atoms in total. The van der Waals surface area contributed by atoms with Crippen LogP contribution in [0.25, 0.3) is 0 Å². The van der Waals surface area contributed by atoms with Crippen LogP contribution in [-0.4, -0.2) is 38.6 Å². The summed E-state index contributed by atoms with van der Waals surface area (Å²) in [6.07, 6.45) is 0.658. The molecule has 154 valence electrons. The average Bonchev–Trinajstić information content (AvgIpc) is 2.72. The van der Waals surface area contributed by atoms with E-state index in [4.69, 9.17) is 9.47 Å². The van der Waals surface area contributed by atoms with Gasteiger partial charge in [0.15, 0.2) is 11.5 Å². The Morgan fingerprint density at radius 3 is 2.52 bits per heavy atom. The molecule has 3 rings (SSSR count). The van der Waals surface area contributed by atoms with Crippen LogP contribution in [0, 0.1) is 5.92 Å². The highest BCUT2D eigenvalue weighted by Crippen LogP contribution is 2.30. The van der Waals surface area contributed by atoms with Gasteiger partial charge in [0, 0.05) is 12.1 Å². The fourth-order valence-corrected chi connectivity index (χ4v) is 3.29. The third-order valence-electron chi connectivity index (χ3n) is 4.95. The minimum atomic E-state index is -0.274. The molecule has 1 aliphatic rings. The minimum absolute atomic E-state index is 0.0847. The number of hydrogen-bond acceptors (Lipinski definition) is 5. The van der Waals surface area contributed by atoms with Crippen molar-refractivity contribution in [2.75, 3.05) is 31.4 Å². The Bertz CT molecular complexity index is 911. The maximum absolute atomic E-state index is 12.5. The van der Waals surface area contributed by atoms with E-state index in [1.165, 1.54) is 0 Å². The summed E-state index contributed by atoms with van der Waals surface area (Å²) in [5, 5.41) is 9.03. The van der Waals surface area contributed by atoms with Crippen LogP contribution in [0.3, 0.4) is 0 Å². The number of methoxy groups -OCH3 is 2. The van der Waals surface area contributed by atoms with E-state index in [2.05, 4.69) is 16.0 Å². The summed E-state index contributed by atoms with van der Waals surface area (Å²) in [5.41, 5.74) is 2.98. The topological polar surface area (TPSA) is 88.7 Å². The predicted octanol–water partition coefficient (Wildman–Crippen LogP) is 3.06. The highest BCUT2D eigenvalue weighted by atomic mass is 16.5. The van der Waals surface area contributed by atoms with E-state index in [9.17, 15) is 9.59 Å². The quantitative estimate of drug-likeness (QED) is 0.668. The van der Waals surface area contributed by atoms with E-state index in [1.807, 2.05) is 38.1 Å². The van der Waals surface area contributed by atoms with Crippen LogP contribution < -0.4 is 25.4 Å². The lowest BCUT2D eigenvalue weighted by Gasteiger charge is -2.29. The third kappa shape index (κ3) is 4.62. The molecule has 7 heteroatoms. The molecular formula is C22H27N3O4. The number of amides is 2. The molecule has 0 aliphatic carbocycles. The predicted molar refractivity (Wildman–Crippen MR) is 113 cm³/mol. The molecule has 1 aliphatic heterocycles. The summed E-state index contributed by atoms with van der Waals surface area (Å²) in [4.78, 5) is 24.7. The molecule has 2 aromatic carbocycles. The van der Waals surface area contributed by atoms with E-state index in [0.717, 1.165) is 11.3 Å². The second-order valence-electron chi connectivity index (χ2n) is 7.31. The lowest BCUT2D eigenvalue weighted by molar-refractivity contribution is -0.117. The van der Waals surface area contributed by atoms with Crippen LogP contribution in [-0.2, 0) is 11.2 Å². The van der Waals surface area contributed by atoms with Crippen LogP contribution in [0.5, 0.6) is 11.5 Å². The lowest BCUT2D eigenvalue weighted by Crippen LogP contribution is -2.42. The smallest absolute Gasteiger partial charge is 0.251 e. The SMILES string of the molecule is COc1ccc(CCNC(=O)c2ccc3c(c2)NC(=O)[C@@H](C(C)C)N3)cc1OC. The Morgan fingerprint density at radius 1 is 1.07 bits per heavy atom. The van der Waals surface area contributed by atoms with Crippen LogP contribution in [0.1, 0.15) is 29.8 Å². The van der Waals surface area contributed by atoms with Gasteiger partial charge in [0.1, 0.15) is 6.04 Å². The Kier molecular flexibility index (Phi) is 6.26. The molecule has 29 heavy (non-hydrogen) atoms. The van der Waals surface area contributed by atoms with Gasteiger partial charge < -0.3 is 25.4 Å². The highest BCUT2D eigenvalue weighted by molar-refractivity contribution is 6.05. The molecule has 0 spiro atoms. The summed E-state index contributed by atoms with van der Waals surface area (Å²) in [5.74, 6) is 1.23. The van der Waals surface area contributed by atoms with Crippen LogP contribution in [0.4, 0.5) is 11.4 Å². The fourth-order valence-electron chi connectivity index (χ4n) is 3.29. The summed E-state index contributed by atoms with van der Waals surface area (Å²) < 4.78 is 10.5. The van der Waals surface area contributed by atoms with E-state index in [-0.39, 0.29) is 23.8 Å². The summed E-state index contributed by atoms with van der Waals surface area (Å²) >= 11 is 0. The van der Waals surface area contributed by atoms with E-state index in [0.29, 0.717) is 35.7 Å². The fraction of sp³-hybridized carbons (Fsp3) is 0.364. The number of rotatable bonds is 7. The monoisotopic (exact) mass is 397 g/mol. The van der Waals surface area contributed by atoms with Gasteiger partial charge in [0.25, 0.3) is 5.91 Å². The van der Waals surface area contributed by atoms with Gasteiger partial charge in [-0.25, -0.2) is 0 Å². The van der Waals surface area contributed by atoms with Crippen molar-refractivity contribution < 1.29 is 19.1 Å². The first-order valence-electron chi connectivity index (χ1n) is 9.63. The standard InChI is InChI=1S/C22H27N3O4/c1-13(2)20-22(27)25-17-12-15(6-7-16(17)24-20)21(26)23-10-9-14-5-8-18(28-3)19(11-14)29-4/h5-8,11-13,20,24H,9-10H2,1-4H3,(H,23,26)(H,25,27)/t20-/m1/s1. The zero-order valence-electron chi connectivity index (χ0n) is 17.2. The summed E-state index contributed by atoms with van der Waals surface area (Å²) in [6, 6.07) is 10.7. The van der Waals surface area contributed by atoms with Crippen molar-refractivity contribution in [3.63, 3.8) is 0 Å². The molecule has 0 saturated heterocycles. The molecular weight excluding hydrogens is 370 g/mol. The van der Waals surface area contributed by atoms with Crippen molar-refractivity contribution in [3.8, 4) is 11.5 Å². The van der Waals surface area contributed by atoms with Crippen molar-refractivity contribution in [3.05, 3.63) is 47.5 Å². The van der Waals surface area contributed by atoms with Gasteiger partial charge in [0.05, 0.1) is 25.6 Å². The number of ether oxygens (including phenoxy) is 2. The Balaban J connectivity index is 1.61. The Hall–Kier alpha value is -3.22. The van der Waals surface area contributed by atoms with Crippen molar-refractivity contribution in [1.82, 2.24) is 5.32 Å². The molecule has 0 unspecified atom stereocenters. The molecule has 1 heterocycles. The van der Waals surface area contributed by atoms with E-state index >= 15 is 0 Å². The number of fused-ring (bicyclic) bond motifs is 1. The van der Waals surface area contributed by atoms with E-state index in [1.54, 1.807) is 26.4 Å². The van der Waals surface area contributed by atoms with Crippen LogP contribution in [0.15, 0.2) is 36.4 Å². The zero-order valence-corrected chi connectivity index (χ0v) is 17.2. The van der Waals surface area contributed by atoms with Gasteiger partial charge >= 0.3 is 0 Å². The molecule has 2 amide bonds. The molecule has 0 fully saturated rings. The number of anilines is 2. The molecule has 0 saturated carbocycles. The second kappa shape index (κ2) is 8.86. The Morgan fingerprint density at radius 2 is 1.83 bits per heavy atom. The number of carbonyl (C=O) groups is 2. The maximum Gasteiger partial charge on any atom is 0.251 e. The minimum Gasteiger partial charge on any atom is -0.493 e. The Labute approximate surface area is 170 Å². The lowest BCUT2D eigenvalue weighted by atomic mass is 9.99. The molecule has 3 N–H and O–H groups in total. The molecule has 0 radical (unpaired) electrons. The largest absolute Gasteiger partial charge is 0.493 e. The van der Waals surface area contributed by atoms with Crippen molar-refractivity contribution >= 4 is 23.2 Å². The first kappa shape index (κ1) is 20.5. The van der Waals surface area contributed by atoms with Crippen molar-refractivity contribution in [2.24, 2.45) is 5.92 Å². The zero-order chi connectivity index (χ0) is 21.0. The number of carbonyl (C=O) groups excluding carboxylic acids is 2. The van der Waals surface area contributed by atoms with E-state index < -0.39 is 0 Å². The van der Waals surface area contributed by atoms with Gasteiger partial charge in [-0.1, -0.05) is 19.9 Å². The number of benzene rings is 2. The first-order chi connectivity index (χ1) is 13.9. The number of nitrogens with one attached hydrogen (secondary N) is 3. The third-order valence-corrected chi connectivity index (χ3v) is 4.95. The average molecular weight is 397 g/mol. The molecule has 0 aromatic heterocycles. The second-order valence-corrected chi connectivity index (χ2v) is 7.31. The number of hydrogen-bond donors (Lipinski definition) is 3. The molecule has 2 aromatic rings. The van der Waals surface area contributed by atoms with Gasteiger partial charge in [-0.3, -0.25) is 9.59 Å². The van der Waals surface area contributed by atoms with Crippen molar-refractivity contribution in [1.29, 1.82) is 0 Å². The van der Waals surface area contributed by atoms with Crippen LogP contribution >= 0.6 is 0 Å². The van der Waals surface area contributed by atoms with Gasteiger partial charge in [-0.2, -0.15) is 0 Å².